The van der Waals surface area contributed by atoms with Crippen LogP contribution < -0.4 is 0 Å². The molecule has 0 radical (unpaired) electrons. The van der Waals surface area contributed by atoms with Crippen molar-refractivity contribution >= 4 is 33.1 Å². The van der Waals surface area contributed by atoms with Crippen LogP contribution in [0.25, 0.3) is 0 Å². The molecule has 6 nitrogen and oxygen atoms in total. The normalized spacial score (nSPS) is 18.0. The number of aryl methyl sites for hydroxylation is 1. The SMILES string of the molecule is Cc1ccc(C(=O)COC(=O)c2ccc(S(=O)(=O)N3CCCC[C@@H]3C)cc2)s1. The molecule has 1 atom stereocenters. The van der Waals surface area contributed by atoms with E-state index in [0.717, 1.165) is 24.1 Å². The minimum Gasteiger partial charge on any atom is -0.454 e. The number of rotatable bonds is 6. The number of piperidine rings is 1. The van der Waals surface area contributed by atoms with E-state index in [0.29, 0.717) is 11.4 Å². The van der Waals surface area contributed by atoms with Crippen molar-refractivity contribution in [1.82, 2.24) is 4.31 Å². The topological polar surface area (TPSA) is 80.8 Å². The molecule has 0 saturated carbocycles. The average Bonchev–Trinajstić information content (AvgIpc) is 3.12. The molecular weight excluding hydrogens is 398 g/mol. The fraction of sp³-hybridized carbons (Fsp3) is 0.400. The Labute approximate surface area is 169 Å². The third-order valence-corrected chi connectivity index (χ3v) is 7.86. The highest BCUT2D eigenvalue weighted by Gasteiger charge is 2.31. The first-order valence-electron chi connectivity index (χ1n) is 9.17. The number of nitrogens with zero attached hydrogens (tertiary/aromatic N) is 1. The van der Waals surface area contributed by atoms with E-state index in [1.54, 1.807) is 6.07 Å². The van der Waals surface area contributed by atoms with Crippen LogP contribution in [0.2, 0.25) is 0 Å². The third kappa shape index (κ3) is 4.51. The first-order chi connectivity index (χ1) is 13.3. The second-order valence-corrected chi connectivity index (χ2v) is 10.1. The summed E-state index contributed by atoms with van der Waals surface area (Å²) in [7, 11) is -3.58. The summed E-state index contributed by atoms with van der Waals surface area (Å²) in [6.07, 6.45) is 2.73. The molecule has 3 rings (SSSR count). The Hall–Kier alpha value is -2.03. The van der Waals surface area contributed by atoms with Crippen LogP contribution in [0.4, 0.5) is 0 Å². The molecule has 1 aliphatic heterocycles. The molecule has 0 aliphatic carbocycles. The van der Waals surface area contributed by atoms with Crippen LogP contribution >= 0.6 is 11.3 Å². The maximum absolute atomic E-state index is 12.8. The van der Waals surface area contributed by atoms with Crippen LogP contribution in [0, 0.1) is 6.92 Å². The summed E-state index contributed by atoms with van der Waals surface area (Å²) in [4.78, 5) is 25.9. The van der Waals surface area contributed by atoms with E-state index in [2.05, 4.69) is 0 Å². The Morgan fingerprint density at radius 3 is 2.46 bits per heavy atom. The van der Waals surface area contributed by atoms with Crippen molar-refractivity contribution in [2.24, 2.45) is 0 Å². The number of ketones is 1. The fourth-order valence-electron chi connectivity index (χ4n) is 3.20. The molecule has 1 aromatic heterocycles. The van der Waals surface area contributed by atoms with Gasteiger partial charge in [-0.05, 0) is 63.1 Å². The molecule has 0 amide bonds. The van der Waals surface area contributed by atoms with Crippen LogP contribution in [-0.4, -0.2) is 43.7 Å². The largest absolute Gasteiger partial charge is 0.454 e. The molecule has 1 aliphatic rings. The minimum atomic E-state index is -3.58. The monoisotopic (exact) mass is 421 g/mol. The number of hydrogen-bond acceptors (Lipinski definition) is 6. The highest BCUT2D eigenvalue weighted by molar-refractivity contribution is 7.89. The van der Waals surface area contributed by atoms with Gasteiger partial charge in [-0.25, -0.2) is 13.2 Å². The Morgan fingerprint density at radius 1 is 1.14 bits per heavy atom. The molecule has 0 unspecified atom stereocenters. The smallest absolute Gasteiger partial charge is 0.338 e. The first kappa shape index (κ1) is 20.7. The van der Waals surface area contributed by atoms with Gasteiger partial charge < -0.3 is 4.74 Å². The molecule has 2 aromatic rings. The number of thiophene rings is 1. The van der Waals surface area contributed by atoms with Gasteiger partial charge in [-0.15, -0.1) is 11.3 Å². The highest BCUT2D eigenvalue weighted by Crippen LogP contribution is 2.25. The van der Waals surface area contributed by atoms with Crippen LogP contribution in [0.3, 0.4) is 0 Å². The number of carbonyl (C=O) groups excluding carboxylic acids is 2. The van der Waals surface area contributed by atoms with Gasteiger partial charge in [-0.1, -0.05) is 6.42 Å². The summed E-state index contributed by atoms with van der Waals surface area (Å²) in [6, 6.07) is 9.18. The van der Waals surface area contributed by atoms with Crippen LogP contribution in [0.15, 0.2) is 41.3 Å². The van der Waals surface area contributed by atoms with Gasteiger partial charge in [0.1, 0.15) is 0 Å². The predicted molar refractivity (Wildman–Crippen MR) is 107 cm³/mol. The van der Waals surface area contributed by atoms with Gasteiger partial charge in [0.05, 0.1) is 15.3 Å². The summed E-state index contributed by atoms with van der Waals surface area (Å²) in [5.41, 5.74) is 0.209. The maximum Gasteiger partial charge on any atom is 0.338 e. The lowest BCUT2D eigenvalue weighted by molar-refractivity contribution is 0.0475. The van der Waals surface area contributed by atoms with Gasteiger partial charge >= 0.3 is 5.97 Å². The maximum atomic E-state index is 12.8. The van der Waals surface area contributed by atoms with Crippen molar-refractivity contribution in [3.8, 4) is 0 Å². The van der Waals surface area contributed by atoms with Gasteiger partial charge in [0.2, 0.25) is 15.8 Å². The molecule has 1 saturated heterocycles. The van der Waals surface area contributed by atoms with Gasteiger partial charge in [0.15, 0.2) is 6.61 Å². The second kappa shape index (κ2) is 8.55. The highest BCUT2D eigenvalue weighted by atomic mass is 32.2. The number of Topliss-reactive ketones (excluding diaryl/α,β-unsaturated/α-hetero) is 1. The molecule has 28 heavy (non-hydrogen) atoms. The van der Waals surface area contributed by atoms with Crippen molar-refractivity contribution in [1.29, 1.82) is 0 Å². The van der Waals surface area contributed by atoms with Gasteiger partial charge in [0.25, 0.3) is 0 Å². The number of hydrogen-bond donors (Lipinski definition) is 0. The standard InChI is InChI=1S/C20H23NO5S2/c1-14-5-3-4-12-21(14)28(24,25)17-9-7-16(8-10-17)20(23)26-13-18(22)19-11-6-15(2)27-19/h6-11,14H,3-5,12-13H2,1-2H3/t14-/m0/s1. The van der Waals surface area contributed by atoms with Crippen LogP contribution in [0.1, 0.15) is 51.1 Å². The third-order valence-electron chi connectivity index (χ3n) is 4.79. The van der Waals surface area contributed by atoms with E-state index in [9.17, 15) is 18.0 Å². The van der Waals surface area contributed by atoms with Crippen molar-refractivity contribution in [3.05, 3.63) is 51.7 Å². The first-order valence-corrected chi connectivity index (χ1v) is 11.4. The zero-order chi connectivity index (χ0) is 20.3. The van der Waals surface area contributed by atoms with E-state index in [1.165, 1.54) is 39.9 Å². The lowest BCUT2D eigenvalue weighted by Gasteiger charge is -2.32. The second-order valence-electron chi connectivity index (χ2n) is 6.89. The summed E-state index contributed by atoms with van der Waals surface area (Å²) in [5.74, 6) is -0.915. The van der Waals surface area contributed by atoms with E-state index in [-0.39, 0.29) is 28.9 Å². The van der Waals surface area contributed by atoms with Crippen molar-refractivity contribution in [2.75, 3.05) is 13.2 Å². The number of benzene rings is 1. The summed E-state index contributed by atoms with van der Waals surface area (Å²) >= 11 is 1.35. The molecule has 0 spiro atoms. The molecule has 150 valence electrons. The predicted octanol–water partition coefficient (Wildman–Crippen LogP) is 3.66. The van der Waals surface area contributed by atoms with Gasteiger partial charge in [-0.2, -0.15) is 4.31 Å². The van der Waals surface area contributed by atoms with E-state index < -0.39 is 16.0 Å². The lowest BCUT2D eigenvalue weighted by Crippen LogP contribution is -2.41. The molecule has 1 aromatic carbocycles. The zero-order valence-electron chi connectivity index (χ0n) is 15.9. The van der Waals surface area contributed by atoms with Crippen molar-refractivity contribution in [2.45, 2.75) is 44.0 Å². The fourth-order valence-corrected chi connectivity index (χ4v) is 5.69. The molecular formula is C20H23NO5S2. The van der Waals surface area contributed by atoms with Crippen LogP contribution in [0.5, 0.6) is 0 Å². The molecule has 2 heterocycles. The van der Waals surface area contributed by atoms with E-state index in [4.69, 9.17) is 4.74 Å². The van der Waals surface area contributed by atoms with E-state index in [1.807, 2.05) is 19.9 Å². The Kier molecular flexibility index (Phi) is 6.32. The number of ether oxygens (including phenoxy) is 1. The minimum absolute atomic E-state index is 0.0321. The molecule has 0 N–H and O–H groups in total. The Bertz CT molecular complexity index is 963. The number of sulfonamides is 1. The summed E-state index contributed by atoms with van der Waals surface area (Å²) in [6.45, 7) is 3.98. The van der Waals surface area contributed by atoms with E-state index >= 15 is 0 Å². The average molecular weight is 422 g/mol. The Balaban J connectivity index is 1.64. The lowest BCUT2D eigenvalue weighted by atomic mass is 10.1. The van der Waals surface area contributed by atoms with Gasteiger partial charge in [-0.3, -0.25) is 4.79 Å². The number of carbonyl (C=O) groups is 2. The van der Waals surface area contributed by atoms with Crippen LogP contribution in [-0.2, 0) is 14.8 Å². The summed E-state index contributed by atoms with van der Waals surface area (Å²) in [5, 5.41) is 0. The van der Waals surface area contributed by atoms with Gasteiger partial charge in [0, 0.05) is 17.5 Å². The quantitative estimate of drug-likeness (QED) is 0.525. The molecule has 8 heteroatoms. The Morgan fingerprint density at radius 2 is 1.86 bits per heavy atom. The zero-order valence-corrected chi connectivity index (χ0v) is 17.5. The molecule has 1 fully saturated rings. The number of esters is 1. The van der Waals surface area contributed by atoms with Crippen molar-refractivity contribution in [3.63, 3.8) is 0 Å². The van der Waals surface area contributed by atoms with Crippen molar-refractivity contribution < 1.29 is 22.7 Å². The summed E-state index contributed by atoms with van der Waals surface area (Å²) < 4.78 is 32.2. The molecule has 0 bridgehead atoms.